The number of H-pyrrole nitrogens is 1. The topological polar surface area (TPSA) is 68.4 Å². The van der Waals surface area contributed by atoms with Crippen LogP contribution in [0.2, 0.25) is 0 Å². The highest BCUT2D eigenvalue weighted by atomic mass is 19.4. The van der Waals surface area contributed by atoms with E-state index in [0.29, 0.717) is 6.07 Å². The molecule has 0 aliphatic carbocycles. The highest BCUT2D eigenvalue weighted by molar-refractivity contribution is 5.73. The zero-order valence-corrected chi connectivity index (χ0v) is 9.88. The number of carbonyl (C=O) groups is 1. The van der Waals surface area contributed by atoms with Gasteiger partial charge in [0.1, 0.15) is 5.75 Å². The molecule has 0 aliphatic heterocycles. The maximum Gasteiger partial charge on any atom is 0.573 e. The monoisotopic (exact) mass is 301 g/mol. The molecule has 0 atom stereocenters. The Morgan fingerprint density at radius 2 is 2.00 bits per heavy atom. The Labute approximate surface area is 108 Å². The standard InChI is InChI=1S/C10H8F5NO4/c1-19-7(18)2-4-5(20-10(13,14)15)3-6(17)16-8(4)9(11)12/h3,9H,2H2,1H3,(H,16,17). The quantitative estimate of drug-likeness (QED) is 0.681. The summed E-state index contributed by atoms with van der Waals surface area (Å²) in [5.74, 6) is -2.23. The minimum atomic E-state index is -5.20. The lowest BCUT2D eigenvalue weighted by Gasteiger charge is -2.15. The maximum absolute atomic E-state index is 12.7. The Morgan fingerprint density at radius 1 is 1.40 bits per heavy atom. The van der Waals surface area contributed by atoms with Crippen LogP contribution in [0.15, 0.2) is 10.9 Å². The van der Waals surface area contributed by atoms with E-state index >= 15 is 0 Å². The highest BCUT2D eigenvalue weighted by Gasteiger charge is 2.34. The van der Waals surface area contributed by atoms with E-state index in [1.54, 1.807) is 4.98 Å². The first-order chi connectivity index (χ1) is 9.14. The number of hydrogen-bond acceptors (Lipinski definition) is 4. The zero-order valence-electron chi connectivity index (χ0n) is 9.88. The second-order valence-corrected chi connectivity index (χ2v) is 3.49. The molecule has 0 saturated carbocycles. The number of alkyl halides is 5. The number of aromatic nitrogens is 1. The van der Waals surface area contributed by atoms with Gasteiger partial charge in [-0.3, -0.25) is 9.59 Å². The van der Waals surface area contributed by atoms with Gasteiger partial charge in [-0.2, -0.15) is 0 Å². The lowest BCUT2D eigenvalue weighted by atomic mass is 10.1. The van der Waals surface area contributed by atoms with E-state index in [0.717, 1.165) is 7.11 Å². The van der Waals surface area contributed by atoms with Gasteiger partial charge in [0.25, 0.3) is 12.0 Å². The van der Waals surface area contributed by atoms with Crippen LogP contribution < -0.4 is 10.3 Å². The molecule has 1 aromatic rings. The van der Waals surface area contributed by atoms with Gasteiger partial charge in [0, 0.05) is 11.6 Å². The van der Waals surface area contributed by atoms with Crippen molar-refractivity contribution in [1.29, 1.82) is 0 Å². The molecule has 10 heteroatoms. The van der Waals surface area contributed by atoms with Gasteiger partial charge in [-0.15, -0.1) is 13.2 Å². The van der Waals surface area contributed by atoms with Crippen LogP contribution in [0.5, 0.6) is 5.75 Å². The number of nitrogens with one attached hydrogen (secondary N) is 1. The predicted octanol–water partition coefficient (Wildman–Crippen LogP) is 1.93. The highest BCUT2D eigenvalue weighted by Crippen LogP contribution is 2.31. The third kappa shape index (κ3) is 4.21. The summed E-state index contributed by atoms with van der Waals surface area (Å²) in [5.41, 5.74) is -3.13. The molecule has 1 heterocycles. The molecular weight excluding hydrogens is 293 g/mol. The number of methoxy groups -OCH3 is 1. The largest absolute Gasteiger partial charge is 0.573 e. The van der Waals surface area contributed by atoms with Crippen LogP contribution in [-0.4, -0.2) is 24.4 Å². The molecule has 1 N–H and O–H groups in total. The number of halogens is 5. The minimum absolute atomic E-state index is 0.331. The average Bonchev–Trinajstić information content (AvgIpc) is 2.29. The molecule has 0 saturated heterocycles. The van der Waals surface area contributed by atoms with Gasteiger partial charge >= 0.3 is 12.3 Å². The zero-order chi connectivity index (χ0) is 15.5. The van der Waals surface area contributed by atoms with Crippen molar-refractivity contribution in [3.8, 4) is 5.75 Å². The molecule has 0 fully saturated rings. The van der Waals surface area contributed by atoms with Crippen molar-refractivity contribution in [2.75, 3.05) is 7.11 Å². The molecule has 0 amide bonds. The maximum atomic E-state index is 12.7. The van der Waals surface area contributed by atoms with Gasteiger partial charge in [-0.25, -0.2) is 8.78 Å². The van der Waals surface area contributed by atoms with Crippen LogP contribution in [0, 0.1) is 0 Å². The minimum Gasteiger partial charge on any atom is -0.469 e. The summed E-state index contributed by atoms with van der Waals surface area (Å²) in [6.07, 6.45) is -9.39. The average molecular weight is 301 g/mol. The van der Waals surface area contributed by atoms with Crippen LogP contribution in [0.3, 0.4) is 0 Å². The lowest BCUT2D eigenvalue weighted by Crippen LogP contribution is -2.23. The Kier molecular flexibility index (Phi) is 4.69. The van der Waals surface area contributed by atoms with Gasteiger partial charge in [-0.1, -0.05) is 0 Å². The van der Waals surface area contributed by atoms with Crippen molar-refractivity contribution in [3.05, 3.63) is 27.7 Å². The van der Waals surface area contributed by atoms with E-state index in [2.05, 4.69) is 9.47 Å². The third-order valence-corrected chi connectivity index (χ3v) is 2.14. The first-order valence-corrected chi connectivity index (χ1v) is 5.01. The van der Waals surface area contributed by atoms with E-state index in [1.807, 2.05) is 0 Å². The molecular formula is C10H8F5NO4. The molecule has 1 rings (SSSR count). The van der Waals surface area contributed by atoms with Gasteiger partial charge in [0.15, 0.2) is 0 Å². The van der Waals surface area contributed by atoms with Crippen molar-refractivity contribution in [2.24, 2.45) is 0 Å². The van der Waals surface area contributed by atoms with Crippen molar-refractivity contribution < 1.29 is 36.2 Å². The summed E-state index contributed by atoms with van der Waals surface area (Å²) in [4.78, 5) is 23.8. The first-order valence-electron chi connectivity index (χ1n) is 5.01. The second-order valence-electron chi connectivity index (χ2n) is 3.49. The van der Waals surface area contributed by atoms with Crippen molar-refractivity contribution in [1.82, 2.24) is 4.98 Å². The predicted molar refractivity (Wildman–Crippen MR) is 54.4 cm³/mol. The van der Waals surface area contributed by atoms with E-state index < -0.39 is 47.7 Å². The summed E-state index contributed by atoms with van der Waals surface area (Å²) in [5, 5.41) is 0. The molecule has 0 spiro atoms. The Morgan fingerprint density at radius 3 is 2.45 bits per heavy atom. The SMILES string of the molecule is COC(=O)Cc1c(OC(F)(F)F)cc(=O)[nH]c1C(F)F. The number of aromatic amines is 1. The van der Waals surface area contributed by atoms with E-state index in [4.69, 9.17) is 0 Å². The van der Waals surface area contributed by atoms with Gasteiger partial charge in [-0.05, 0) is 0 Å². The van der Waals surface area contributed by atoms with Crippen LogP contribution >= 0.6 is 0 Å². The molecule has 0 radical (unpaired) electrons. The molecule has 1 aromatic heterocycles. The molecule has 0 unspecified atom stereocenters. The number of esters is 1. The summed E-state index contributed by atoms with van der Waals surface area (Å²) < 4.78 is 69.6. The normalized spacial score (nSPS) is 11.6. The van der Waals surface area contributed by atoms with Crippen LogP contribution in [-0.2, 0) is 16.0 Å². The van der Waals surface area contributed by atoms with Crippen molar-refractivity contribution in [2.45, 2.75) is 19.2 Å². The Bertz CT molecular complexity index is 552. The molecule has 0 aromatic carbocycles. The number of ether oxygens (including phenoxy) is 2. The molecule has 112 valence electrons. The Balaban J connectivity index is 3.38. The van der Waals surface area contributed by atoms with Gasteiger partial charge in [0.05, 0.1) is 19.2 Å². The van der Waals surface area contributed by atoms with E-state index in [9.17, 15) is 31.5 Å². The number of rotatable bonds is 4. The molecule has 5 nitrogen and oxygen atoms in total. The number of hydrogen-bond donors (Lipinski definition) is 1. The lowest BCUT2D eigenvalue weighted by molar-refractivity contribution is -0.275. The molecule has 0 bridgehead atoms. The van der Waals surface area contributed by atoms with Crippen LogP contribution in [0.4, 0.5) is 22.0 Å². The number of pyridine rings is 1. The summed E-state index contributed by atoms with van der Waals surface area (Å²) in [7, 11) is 0.931. The number of carbonyl (C=O) groups excluding carboxylic acids is 1. The van der Waals surface area contributed by atoms with E-state index in [-0.39, 0.29) is 0 Å². The van der Waals surface area contributed by atoms with Gasteiger partial charge in [0.2, 0.25) is 0 Å². The van der Waals surface area contributed by atoms with Gasteiger partial charge < -0.3 is 14.5 Å². The third-order valence-electron chi connectivity index (χ3n) is 2.14. The van der Waals surface area contributed by atoms with Crippen LogP contribution in [0.25, 0.3) is 0 Å². The summed E-state index contributed by atoms with van der Waals surface area (Å²) >= 11 is 0. The van der Waals surface area contributed by atoms with E-state index in [1.165, 1.54) is 0 Å². The fraction of sp³-hybridized carbons (Fsp3) is 0.400. The van der Waals surface area contributed by atoms with Crippen LogP contribution in [0.1, 0.15) is 17.7 Å². The van der Waals surface area contributed by atoms with Crippen molar-refractivity contribution in [3.63, 3.8) is 0 Å². The molecule has 0 aliphatic rings. The first kappa shape index (κ1) is 15.9. The van der Waals surface area contributed by atoms with Crippen molar-refractivity contribution >= 4 is 5.97 Å². The molecule has 20 heavy (non-hydrogen) atoms. The fourth-order valence-corrected chi connectivity index (χ4v) is 1.38. The Hall–Kier alpha value is -2.13. The summed E-state index contributed by atoms with van der Waals surface area (Å²) in [6, 6.07) is 0.331. The summed E-state index contributed by atoms with van der Waals surface area (Å²) in [6.45, 7) is 0. The second kappa shape index (κ2) is 5.88. The fourth-order valence-electron chi connectivity index (χ4n) is 1.38. The smallest absolute Gasteiger partial charge is 0.469 e.